The number of tetrazole rings is 1. The van der Waals surface area contributed by atoms with Crippen LogP contribution in [0.5, 0.6) is 0 Å². The smallest absolute Gasteiger partial charge is 0.206 e. The van der Waals surface area contributed by atoms with E-state index >= 15 is 0 Å². The predicted molar refractivity (Wildman–Crippen MR) is 83.5 cm³/mol. The highest BCUT2D eigenvalue weighted by Gasteiger charge is 2.12. The Bertz CT molecular complexity index is 979. The minimum Gasteiger partial charge on any atom is -0.356 e. The van der Waals surface area contributed by atoms with Gasteiger partial charge in [-0.3, -0.25) is 4.98 Å². The number of fused-ring (bicyclic) bond motifs is 1. The first-order valence-corrected chi connectivity index (χ1v) is 7.23. The van der Waals surface area contributed by atoms with Crippen molar-refractivity contribution in [2.45, 2.75) is 6.42 Å². The van der Waals surface area contributed by atoms with Crippen LogP contribution < -0.4 is 0 Å². The molecule has 0 aliphatic heterocycles. The molecule has 8 heteroatoms. The largest absolute Gasteiger partial charge is 0.356 e. The van der Waals surface area contributed by atoms with Gasteiger partial charge in [0.25, 0.3) is 0 Å². The number of nitrogens with one attached hydrogen (secondary N) is 2. The van der Waals surface area contributed by atoms with Crippen LogP contribution in [0, 0.1) is 5.82 Å². The topological polar surface area (TPSA) is 83.1 Å². The van der Waals surface area contributed by atoms with E-state index in [1.165, 1.54) is 6.07 Å². The van der Waals surface area contributed by atoms with Crippen LogP contribution in [0.3, 0.4) is 0 Å². The van der Waals surface area contributed by atoms with Crippen molar-refractivity contribution < 1.29 is 4.39 Å². The standard InChI is InChI=1S/C15H10ClFN6/c16-11-2-1-8(6-12(11)17)5-9-7-13-14(19-9)10(3-4-18-13)15-20-22-23-21-15/h1-4,6-7,19H,5H2,(H,20,21,22,23). The average Bonchev–Trinajstić information content (AvgIpc) is 3.19. The number of pyridine rings is 1. The summed E-state index contributed by atoms with van der Waals surface area (Å²) < 4.78 is 13.6. The maximum atomic E-state index is 13.6. The highest BCUT2D eigenvalue weighted by molar-refractivity contribution is 6.30. The third-order valence-electron chi connectivity index (χ3n) is 3.54. The van der Waals surface area contributed by atoms with Crippen molar-refractivity contribution in [1.82, 2.24) is 30.6 Å². The fourth-order valence-corrected chi connectivity index (χ4v) is 2.62. The summed E-state index contributed by atoms with van der Waals surface area (Å²) in [6.07, 6.45) is 2.23. The molecular weight excluding hydrogens is 319 g/mol. The van der Waals surface area contributed by atoms with Crippen LogP contribution in [-0.4, -0.2) is 30.6 Å². The van der Waals surface area contributed by atoms with Gasteiger partial charge in [0.15, 0.2) is 0 Å². The lowest BCUT2D eigenvalue weighted by Crippen LogP contribution is -1.90. The molecule has 0 radical (unpaired) electrons. The van der Waals surface area contributed by atoms with Gasteiger partial charge in [0.1, 0.15) is 5.82 Å². The number of hydrogen-bond acceptors (Lipinski definition) is 4. The lowest BCUT2D eigenvalue weighted by atomic mass is 10.1. The molecule has 0 spiro atoms. The molecule has 0 saturated heterocycles. The molecule has 4 aromatic rings. The van der Waals surface area contributed by atoms with Crippen LogP contribution >= 0.6 is 11.6 Å². The van der Waals surface area contributed by atoms with E-state index in [1.54, 1.807) is 18.3 Å². The molecule has 23 heavy (non-hydrogen) atoms. The van der Waals surface area contributed by atoms with Gasteiger partial charge in [0.2, 0.25) is 5.82 Å². The summed E-state index contributed by atoms with van der Waals surface area (Å²) in [6.45, 7) is 0. The van der Waals surface area contributed by atoms with Gasteiger partial charge in [-0.05, 0) is 35.0 Å². The van der Waals surface area contributed by atoms with Crippen LogP contribution in [0.25, 0.3) is 22.4 Å². The van der Waals surface area contributed by atoms with Crippen molar-refractivity contribution in [1.29, 1.82) is 0 Å². The average molecular weight is 329 g/mol. The Hall–Kier alpha value is -2.80. The normalized spacial score (nSPS) is 11.2. The number of aromatic nitrogens is 6. The van der Waals surface area contributed by atoms with Crippen LogP contribution in [0.15, 0.2) is 36.5 Å². The molecular formula is C15H10ClFN6. The van der Waals surface area contributed by atoms with Crippen molar-refractivity contribution in [3.63, 3.8) is 0 Å². The van der Waals surface area contributed by atoms with E-state index in [4.69, 9.17) is 11.6 Å². The predicted octanol–water partition coefficient (Wildman–Crippen LogP) is 3.13. The quantitative estimate of drug-likeness (QED) is 0.605. The molecule has 114 valence electrons. The van der Waals surface area contributed by atoms with Crippen LogP contribution in [-0.2, 0) is 6.42 Å². The van der Waals surface area contributed by atoms with E-state index in [1.807, 2.05) is 12.1 Å². The van der Waals surface area contributed by atoms with E-state index in [2.05, 4.69) is 30.6 Å². The van der Waals surface area contributed by atoms with Gasteiger partial charge in [0.05, 0.1) is 21.6 Å². The maximum Gasteiger partial charge on any atom is 0.206 e. The summed E-state index contributed by atoms with van der Waals surface area (Å²) in [7, 11) is 0. The number of halogens is 2. The monoisotopic (exact) mass is 328 g/mol. The third kappa shape index (κ3) is 2.55. The van der Waals surface area contributed by atoms with E-state index in [0.29, 0.717) is 12.2 Å². The van der Waals surface area contributed by atoms with Crippen molar-refractivity contribution in [2.75, 3.05) is 0 Å². The van der Waals surface area contributed by atoms with Crippen LogP contribution in [0.2, 0.25) is 5.02 Å². The van der Waals surface area contributed by atoms with Gasteiger partial charge in [-0.1, -0.05) is 17.7 Å². The van der Waals surface area contributed by atoms with E-state index < -0.39 is 5.82 Å². The zero-order chi connectivity index (χ0) is 15.8. The molecule has 6 nitrogen and oxygen atoms in total. The Kier molecular flexibility index (Phi) is 3.27. The van der Waals surface area contributed by atoms with Gasteiger partial charge in [-0.15, -0.1) is 10.2 Å². The molecule has 3 heterocycles. The Morgan fingerprint density at radius 3 is 2.87 bits per heavy atom. The first kappa shape index (κ1) is 13.8. The molecule has 0 fully saturated rings. The summed E-state index contributed by atoms with van der Waals surface area (Å²) in [5.41, 5.74) is 4.14. The van der Waals surface area contributed by atoms with Crippen molar-refractivity contribution >= 4 is 22.6 Å². The number of nitrogens with zero attached hydrogens (tertiary/aromatic N) is 4. The molecule has 1 aromatic carbocycles. The number of aromatic amines is 2. The number of rotatable bonds is 3. The minimum absolute atomic E-state index is 0.117. The van der Waals surface area contributed by atoms with E-state index in [-0.39, 0.29) is 5.02 Å². The van der Waals surface area contributed by atoms with Gasteiger partial charge in [-0.25, -0.2) is 4.39 Å². The van der Waals surface area contributed by atoms with Gasteiger partial charge >= 0.3 is 0 Å². The second-order valence-corrected chi connectivity index (χ2v) is 5.48. The highest BCUT2D eigenvalue weighted by Crippen LogP contribution is 2.25. The van der Waals surface area contributed by atoms with E-state index in [9.17, 15) is 4.39 Å². The Balaban J connectivity index is 1.74. The first-order valence-electron chi connectivity index (χ1n) is 6.85. The van der Waals surface area contributed by atoms with Crippen molar-refractivity contribution in [3.05, 3.63) is 58.6 Å². The molecule has 4 rings (SSSR count). The molecule has 0 unspecified atom stereocenters. The molecule has 0 atom stereocenters. The molecule has 0 saturated carbocycles. The summed E-state index contributed by atoms with van der Waals surface area (Å²) in [4.78, 5) is 7.63. The van der Waals surface area contributed by atoms with Gasteiger partial charge < -0.3 is 4.98 Å². The third-order valence-corrected chi connectivity index (χ3v) is 3.85. The molecule has 0 bridgehead atoms. The van der Waals surface area contributed by atoms with Crippen LogP contribution in [0.4, 0.5) is 4.39 Å². The molecule has 0 amide bonds. The fourth-order valence-electron chi connectivity index (χ4n) is 2.51. The number of H-pyrrole nitrogens is 2. The van der Waals surface area contributed by atoms with Crippen molar-refractivity contribution in [3.8, 4) is 11.4 Å². The number of benzene rings is 1. The molecule has 0 aliphatic rings. The van der Waals surface area contributed by atoms with Crippen molar-refractivity contribution in [2.24, 2.45) is 0 Å². The zero-order valence-corrected chi connectivity index (χ0v) is 12.5. The summed E-state index contributed by atoms with van der Waals surface area (Å²) in [6, 6.07) is 8.52. The van der Waals surface area contributed by atoms with Gasteiger partial charge in [-0.2, -0.15) is 5.21 Å². The van der Waals surface area contributed by atoms with E-state index in [0.717, 1.165) is 27.9 Å². The molecule has 0 aliphatic carbocycles. The summed E-state index contributed by atoms with van der Waals surface area (Å²) >= 11 is 5.71. The lowest BCUT2D eigenvalue weighted by molar-refractivity contribution is 0.626. The summed E-state index contributed by atoms with van der Waals surface area (Å²) in [5.74, 6) is 0.0641. The molecule has 3 aromatic heterocycles. The second-order valence-electron chi connectivity index (χ2n) is 5.07. The Morgan fingerprint density at radius 1 is 1.17 bits per heavy atom. The fraction of sp³-hybridized carbons (Fsp3) is 0.0667. The summed E-state index contributed by atoms with van der Waals surface area (Å²) in [5, 5.41) is 14.1. The SMILES string of the molecule is Fc1cc(Cc2cc3nccc(-c4nn[nH]n4)c3[nH]2)ccc1Cl. The second kappa shape index (κ2) is 5.44. The van der Waals surface area contributed by atoms with Gasteiger partial charge in [0, 0.05) is 18.3 Å². The Labute approximate surface area is 134 Å². The molecule has 2 N–H and O–H groups in total. The Morgan fingerprint density at radius 2 is 2.09 bits per heavy atom. The number of hydrogen-bond donors (Lipinski definition) is 2. The highest BCUT2D eigenvalue weighted by atomic mass is 35.5. The first-order chi connectivity index (χ1) is 11.2. The van der Waals surface area contributed by atoms with Crippen LogP contribution in [0.1, 0.15) is 11.3 Å². The lowest BCUT2D eigenvalue weighted by Gasteiger charge is -2.01. The zero-order valence-electron chi connectivity index (χ0n) is 11.7. The minimum atomic E-state index is -0.425. The maximum absolute atomic E-state index is 13.6.